The number of H-pyrrole nitrogens is 1. The molecule has 0 aromatic carbocycles. The van der Waals surface area contributed by atoms with E-state index in [1.165, 1.54) is 31.4 Å². The molecule has 2 saturated heterocycles. The van der Waals surface area contributed by atoms with Crippen LogP contribution in [0.25, 0.3) is 12.2 Å². The molecule has 1 saturated carbocycles. The van der Waals surface area contributed by atoms with E-state index in [-0.39, 0.29) is 18.4 Å². The van der Waals surface area contributed by atoms with Crippen LogP contribution in [0.5, 0.6) is 0 Å². The van der Waals surface area contributed by atoms with E-state index >= 15 is 0 Å². The molecule has 27 heavy (non-hydrogen) atoms. The first-order valence-corrected chi connectivity index (χ1v) is 9.52. The highest BCUT2D eigenvalue weighted by atomic mass is 16.3. The van der Waals surface area contributed by atoms with Gasteiger partial charge in [0.05, 0.1) is 5.69 Å². The maximum Gasteiger partial charge on any atom is 0.290 e. The molecule has 3 atom stereocenters. The van der Waals surface area contributed by atoms with E-state index in [4.69, 9.17) is 9.90 Å². The molecule has 1 amide bonds. The highest BCUT2D eigenvalue weighted by molar-refractivity contribution is 5.97. The fourth-order valence-electron chi connectivity index (χ4n) is 4.70. The van der Waals surface area contributed by atoms with Gasteiger partial charge in [0.25, 0.3) is 12.4 Å². The maximum absolute atomic E-state index is 12.8. The van der Waals surface area contributed by atoms with Crippen molar-refractivity contribution < 1.29 is 14.7 Å². The zero-order chi connectivity index (χ0) is 19.6. The number of hydrogen-bond acceptors (Lipinski definition) is 4. The molecule has 3 fully saturated rings. The van der Waals surface area contributed by atoms with Gasteiger partial charge in [-0.3, -0.25) is 19.6 Å². The molecule has 7 nitrogen and oxygen atoms in total. The number of carbonyl (C=O) groups is 2. The van der Waals surface area contributed by atoms with Gasteiger partial charge in [-0.05, 0) is 44.6 Å². The first kappa shape index (κ1) is 19.4. The van der Waals surface area contributed by atoms with Gasteiger partial charge in [0.1, 0.15) is 0 Å². The summed E-state index contributed by atoms with van der Waals surface area (Å²) in [7, 11) is 0. The van der Waals surface area contributed by atoms with Gasteiger partial charge in [-0.2, -0.15) is 5.10 Å². The van der Waals surface area contributed by atoms with Crippen molar-refractivity contribution in [2.24, 2.45) is 5.92 Å². The number of carbonyl (C=O) groups excluding carboxylic acids is 1. The number of nitrogens with one attached hydrogen (secondary N) is 2. The second-order valence-electron chi connectivity index (χ2n) is 7.58. The van der Waals surface area contributed by atoms with Gasteiger partial charge in [-0.25, -0.2) is 0 Å². The summed E-state index contributed by atoms with van der Waals surface area (Å²) >= 11 is 0. The van der Waals surface area contributed by atoms with E-state index < -0.39 is 0 Å². The fraction of sp³-hybridized carbons (Fsp3) is 0.550. The van der Waals surface area contributed by atoms with E-state index in [9.17, 15) is 4.79 Å². The molecule has 1 aromatic rings. The molecule has 1 spiro atoms. The first-order valence-electron chi connectivity index (χ1n) is 9.52. The van der Waals surface area contributed by atoms with Crippen LogP contribution in [-0.2, 0) is 4.79 Å². The third kappa shape index (κ3) is 3.20. The number of hydrogen-bond donors (Lipinski definition) is 3. The second kappa shape index (κ2) is 7.68. The van der Waals surface area contributed by atoms with Gasteiger partial charge in [-0.15, -0.1) is 0 Å². The Morgan fingerprint density at radius 1 is 1.52 bits per heavy atom. The Balaban J connectivity index is 0.000000659. The molecule has 4 rings (SSSR count). The average molecular weight is 372 g/mol. The summed E-state index contributed by atoms with van der Waals surface area (Å²) in [6.45, 7) is 9.98. The van der Waals surface area contributed by atoms with Gasteiger partial charge in [0.15, 0.2) is 5.69 Å². The summed E-state index contributed by atoms with van der Waals surface area (Å²) in [5.41, 5.74) is 3.79. The molecule has 146 valence electrons. The number of carboxylic acid groups (broad SMARTS) is 1. The van der Waals surface area contributed by atoms with Crippen LogP contribution in [0.4, 0.5) is 0 Å². The van der Waals surface area contributed by atoms with Crippen LogP contribution in [0.3, 0.4) is 0 Å². The summed E-state index contributed by atoms with van der Waals surface area (Å²) in [4.78, 5) is 23.7. The van der Waals surface area contributed by atoms with Crippen molar-refractivity contribution in [3.05, 3.63) is 29.1 Å². The van der Waals surface area contributed by atoms with E-state index in [1.807, 2.05) is 6.08 Å². The predicted molar refractivity (Wildman–Crippen MR) is 104 cm³/mol. The molecule has 3 N–H and O–H groups in total. The molecule has 0 bridgehead atoms. The quantitative estimate of drug-likeness (QED) is 0.690. The van der Waals surface area contributed by atoms with Crippen molar-refractivity contribution in [2.45, 2.75) is 51.1 Å². The smallest absolute Gasteiger partial charge is 0.290 e. The molecule has 1 aromatic heterocycles. The summed E-state index contributed by atoms with van der Waals surface area (Å²) in [6, 6.07) is 0.263. The number of allylic oxidation sites excluding steroid dienone is 1. The van der Waals surface area contributed by atoms with Crippen LogP contribution >= 0.6 is 0 Å². The molecule has 3 aliphatic rings. The summed E-state index contributed by atoms with van der Waals surface area (Å²) in [5, 5.41) is 17.4. The van der Waals surface area contributed by atoms with E-state index in [1.54, 1.807) is 6.08 Å². The summed E-state index contributed by atoms with van der Waals surface area (Å²) in [5.74, 6) is 0.549. The largest absolute Gasteiger partial charge is 0.483 e. The maximum atomic E-state index is 12.8. The lowest BCUT2D eigenvalue weighted by Gasteiger charge is -2.58. The monoisotopic (exact) mass is 372 g/mol. The second-order valence-corrected chi connectivity index (χ2v) is 7.58. The van der Waals surface area contributed by atoms with Crippen molar-refractivity contribution in [3.8, 4) is 0 Å². The number of rotatable bonds is 5. The lowest BCUT2D eigenvalue weighted by molar-refractivity contribution is -0.122. The lowest BCUT2D eigenvalue weighted by atomic mass is 9.61. The molecule has 3 unspecified atom stereocenters. The van der Waals surface area contributed by atoms with Crippen molar-refractivity contribution in [3.63, 3.8) is 0 Å². The zero-order valence-corrected chi connectivity index (χ0v) is 16.0. The van der Waals surface area contributed by atoms with Crippen LogP contribution in [0.15, 0.2) is 12.2 Å². The minimum absolute atomic E-state index is 0.0792. The van der Waals surface area contributed by atoms with Crippen molar-refractivity contribution in [2.75, 3.05) is 13.1 Å². The lowest BCUT2D eigenvalue weighted by Crippen LogP contribution is -2.64. The average Bonchev–Trinajstić information content (AvgIpc) is 3.05. The third-order valence-electron chi connectivity index (χ3n) is 6.44. The third-order valence-corrected chi connectivity index (χ3v) is 6.44. The predicted octanol–water partition coefficient (Wildman–Crippen LogP) is 2.53. The van der Waals surface area contributed by atoms with Gasteiger partial charge < -0.3 is 10.4 Å². The Morgan fingerprint density at radius 2 is 2.26 bits per heavy atom. The molecule has 7 heteroatoms. The fourth-order valence-corrected chi connectivity index (χ4v) is 4.70. The van der Waals surface area contributed by atoms with E-state index in [0.29, 0.717) is 17.2 Å². The van der Waals surface area contributed by atoms with Crippen LogP contribution in [0, 0.1) is 5.92 Å². The van der Waals surface area contributed by atoms with E-state index in [0.717, 1.165) is 24.2 Å². The molecule has 3 heterocycles. The van der Waals surface area contributed by atoms with Crippen LogP contribution in [-0.4, -0.2) is 57.3 Å². The molecule has 1 aliphatic carbocycles. The highest BCUT2D eigenvalue weighted by Gasteiger charge is 2.63. The van der Waals surface area contributed by atoms with Crippen molar-refractivity contribution >= 4 is 24.5 Å². The minimum atomic E-state index is -0.250. The SMILES string of the molecule is C=Cc1c(C(=O)NC2CN3CCC34CCC24)n[nH]c1/C=C(/C)CC.O=CO. The molecule has 2 aliphatic heterocycles. The van der Waals surface area contributed by atoms with Gasteiger partial charge in [-0.1, -0.05) is 25.2 Å². The Morgan fingerprint density at radius 3 is 2.74 bits per heavy atom. The topological polar surface area (TPSA) is 98.3 Å². The number of aromatic amines is 1. The molecular weight excluding hydrogens is 344 g/mol. The Bertz CT molecular complexity index is 765. The van der Waals surface area contributed by atoms with Crippen LogP contribution in [0.1, 0.15) is 61.3 Å². The van der Waals surface area contributed by atoms with Crippen LogP contribution < -0.4 is 5.32 Å². The van der Waals surface area contributed by atoms with Gasteiger partial charge in [0, 0.05) is 30.2 Å². The van der Waals surface area contributed by atoms with Gasteiger partial charge >= 0.3 is 0 Å². The van der Waals surface area contributed by atoms with Crippen molar-refractivity contribution in [1.29, 1.82) is 0 Å². The first-order chi connectivity index (χ1) is 13.0. The number of aromatic nitrogens is 2. The Labute approximate surface area is 159 Å². The normalized spacial score (nSPS) is 28.6. The number of amides is 1. The molecule has 0 radical (unpaired) electrons. The Kier molecular flexibility index (Phi) is 5.51. The summed E-state index contributed by atoms with van der Waals surface area (Å²) in [6.07, 6.45) is 8.58. The minimum Gasteiger partial charge on any atom is -0.483 e. The zero-order valence-electron chi connectivity index (χ0n) is 16.0. The number of nitrogens with zero attached hydrogens (tertiary/aromatic N) is 2. The van der Waals surface area contributed by atoms with Crippen molar-refractivity contribution in [1.82, 2.24) is 20.4 Å². The highest BCUT2D eigenvalue weighted by Crippen LogP contribution is 2.57. The van der Waals surface area contributed by atoms with Gasteiger partial charge in [0.2, 0.25) is 0 Å². The Hall–Kier alpha value is -2.41. The standard InChI is InChI=1S/C19H26N4O.CH2O2/c1-4-12(3)10-15-13(5-2)17(22-21-15)18(24)20-16-11-23-9-8-19(23)7-6-14(16)19;2-1-3/h5,10,14,16H,2,4,6-9,11H2,1,3H3,(H,20,24)(H,21,22);1H,(H,2,3)/b12-10-;. The molecular formula is C20H28N4O3. The van der Waals surface area contributed by atoms with E-state index in [2.05, 4.69) is 40.8 Å². The summed E-state index contributed by atoms with van der Waals surface area (Å²) < 4.78 is 0. The van der Waals surface area contributed by atoms with Crippen LogP contribution in [0.2, 0.25) is 0 Å².